The fourth-order valence-corrected chi connectivity index (χ4v) is 2.31. The summed E-state index contributed by atoms with van der Waals surface area (Å²) >= 11 is 0. The fraction of sp³-hybridized carbons (Fsp3) is 0.533. The first-order chi connectivity index (χ1) is 9.08. The maximum Gasteiger partial charge on any atom is 0.253 e. The monoisotopic (exact) mass is 261 g/mol. The highest BCUT2D eigenvalue weighted by Crippen LogP contribution is 2.29. The van der Waals surface area contributed by atoms with Crippen molar-refractivity contribution in [3.05, 3.63) is 23.8 Å². The molecule has 19 heavy (non-hydrogen) atoms. The summed E-state index contributed by atoms with van der Waals surface area (Å²) in [5.41, 5.74) is 8.19. The van der Waals surface area contributed by atoms with Gasteiger partial charge in [-0.2, -0.15) is 0 Å². The van der Waals surface area contributed by atoms with Crippen molar-refractivity contribution in [2.24, 2.45) is 5.92 Å². The lowest BCUT2D eigenvalue weighted by Crippen LogP contribution is -2.22. The summed E-state index contributed by atoms with van der Waals surface area (Å²) in [4.78, 5) is 13.4. The van der Waals surface area contributed by atoms with E-state index in [1.807, 2.05) is 12.1 Å². The first kappa shape index (κ1) is 13.7. The highest BCUT2D eigenvalue weighted by atomic mass is 16.2. The molecule has 1 fully saturated rings. The number of anilines is 2. The van der Waals surface area contributed by atoms with Crippen LogP contribution in [0.3, 0.4) is 0 Å². The SMILES string of the molecule is CN(C)C(=O)c1ccc(NCCC2CCC2)c(N)c1. The van der Waals surface area contributed by atoms with Gasteiger partial charge in [-0.25, -0.2) is 0 Å². The molecular formula is C15H23N3O. The molecule has 2 rings (SSSR count). The number of nitrogens with zero attached hydrogens (tertiary/aromatic N) is 1. The molecule has 1 amide bonds. The van der Waals surface area contributed by atoms with Gasteiger partial charge in [0, 0.05) is 26.2 Å². The molecule has 0 aromatic heterocycles. The predicted molar refractivity (Wildman–Crippen MR) is 79.3 cm³/mol. The minimum Gasteiger partial charge on any atom is -0.397 e. The van der Waals surface area contributed by atoms with Crippen LogP contribution in [0, 0.1) is 5.92 Å². The van der Waals surface area contributed by atoms with Gasteiger partial charge in [-0.1, -0.05) is 19.3 Å². The molecule has 0 spiro atoms. The Morgan fingerprint density at radius 2 is 2.16 bits per heavy atom. The molecule has 0 radical (unpaired) electrons. The van der Waals surface area contributed by atoms with Crippen LogP contribution in [0.15, 0.2) is 18.2 Å². The van der Waals surface area contributed by atoms with Crippen LogP contribution in [0.4, 0.5) is 11.4 Å². The Morgan fingerprint density at radius 3 is 2.68 bits per heavy atom. The molecule has 0 aliphatic heterocycles. The van der Waals surface area contributed by atoms with E-state index < -0.39 is 0 Å². The Balaban J connectivity index is 1.92. The van der Waals surface area contributed by atoms with Gasteiger partial charge in [0.1, 0.15) is 0 Å². The van der Waals surface area contributed by atoms with Gasteiger partial charge in [-0.15, -0.1) is 0 Å². The van der Waals surface area contributed by atoms with Crippen molar-refractivity contribution in [1.82, 2.24) is 4.90 Å². The highest BCUT2D eigenvalue weighted by molar-refractivity contribution is 5.95. The minimum absolute atomic E-state index is 0.0206. The Kier molecular flexibility index (Phi) is 4.30. The van der Waals surface area contributed by atoms with E-state index >= 15 is 0 Å². The van der Waals surface area contributed by atoms with Gasteiger partial charge in [0.25, 0.3) is 5.91 Å². The topological polar surface area (TPSA) is 58.4 Å². The fourth-order valence-electron chi connectivity index (χ4n) is 2.31. The number of nitrogens with two attached hydrogens (primary N) is 1. The molecular weight excluding hydrogens is 238 g/mol. The molecule has 1 aromatic rings. The number of hydrogen-bond donors (Lipinski definition) is 2. The van der Waals surface area contributed by atoms with Crippen LogP contribution in [-0.2, 0) is 0 Å². The van der Waals surface area contributed by atoms with Crippen molar-refractivity contribution in [3.63, 3.8) is 0 Å². The number of rotatable bonds is 5. The molecule has 4 nitrogen and oxygen atoms in total. The van der Waals surface area contributed by atoms with E-state index in [1.54, 1.807) is 25.1 Å². The van der Waals surface area contributed by atoms with Crippen LogP contribution >= 0.6 is 0 Å². The Hall–Kier alpha value is -1.71. The average molecular weight is 261 g/mol. The first-order valence-corrected chi connectivity index (χ1v) is 6.93. The number of hydrogen-bond acceptors (Lipinski definition) is 3. The van der Waals surface area contributed by atoms with E-state index in [-0.39, 0.29) is 5.91 Å². The van der Waals surface area contributed by atoms with Gasteiger partial charge in [0.2, 0.25) is 0 Å². The lowest BCUT2D eigenvalue weighted by molar-refractivity contribution is 0.0827. The van der Waals surface area contributed by atoms with Gasteiger partial charge in [0.15, 0.2) is 0 Å². The molecule has 1 aliphatic rings. The van der Waals surface area contributed by atoms with E-state index in [2.05, 4.69) is 5.32 Å². The molecule has 4 heteroatoms. The van der Waals surface area contributed by atoms with Crippen LogP contribution in [0.1, 0.15) is 36.0 Å². The predicted octanol–water partition coefficient (Wildman–Crippen LogP) is 2.57. The molecule has 0 atom stereocenters. The Labute approximate surface area is 115 Å². The summed E-state index contributed by atoms with van der Waals surface area (Å²) in [6, 6.07) is 5.46. The molecule has 1 aromatic carbocycles. The summed E-state index contributed by atoms with van der Waals surface area (Å²) in [6.07, 6.45) is 5.33. The zero-order valence-electron chi connectivity index (χ0n) is 11.8. The van der Waals surface area contributed by atoms with Crippen LogP contribution in [-0.4, -0.2) is 31.4 Å². The standard InChI is InChI=1S/C15H23N3O/c1-18(2)15(19)12-6-7-14(13(16)10-12)17-9-8-11-4-3-5-11/h6-7,10-11,17H,3-5,8-9,16H2,1-2H3. The number of carbonyl (C=O) groups excluding carboxylic acids is 1. The van der Waals surface area contributed by atoms with E-state index in [0.717, 1.165) is 18.2 Å². The third-order valence-electron chi connectivity index (χ3n) is 3.80. The van der Waals surface area contributed by atoms with Crippen LogP contribution in [0.2, 0.25) is 0 Å². The number of carbonyl (C=O) groups is 1. The molecule has 0 saturated heterocycles. The maximum atomic E-state index is 11.8. The zero-order chi connectivity index (χ0) is 13.8. The Bertz CT molecular complexity index is 453. The number of benzene rings is 1. The second kappa shape index (κ2) is 5.95. The minimum atomic E-state index is -0.0206. The van der Waals surface area contributed by atoms with Crippen molar-refractivity contribution < 1.29 is 4.79 Å². The third-order valence-corrected chi connectivity index (χ3v) is 3.80. The van der Waals surface area contributed by atoms with Crippen molar-refractivity contribution >= 4 is 17.3 Å². The Morgan fingerprint density at radius 1 is 1.42 bits per heavy atom. The number of nitrogens with one attached hydrogen (secondary N) is 1. The molecule has 0 unspecified atom stereocenters. The van der Waals surface area contributed by atoms with E-state index in [0.29, 0.717) is 11.3 Å². The molecule has 0 heterocycles. The van der Waals surface area contributed by atoms with Gasteiger partial charge >= 0.3 is 0 Å². The maximum absolute atomic E-state index is 11.8. The van der Waals surface area contributed by atoms with E-state index in [9.17, 15) is 4.79 Å². The molecule has 1 saturated carbocycles. The summed E-state index contributed by atoms with van der Waals surface area (Å²) in [6.45, 7) is 0.954. The summed E-state index contributed by atoms with van der Waals surface area (Å²) in [7, 11) is 3.48. The van der Waals surface area contributed by atoms with Gasteiger partial charge < -0.3 is 16.0 Å². The number of amides is 1. The van der Waals surface area contributed by atoms with E-state index in [1.165, 1.54) is 25.7 Å². The van der Waals surface area contributed by atoms with Crippen molar-refractivity contribution in [2.75, 3.05) is 31.7 Å². The van der Waals surface area contributed by atoms with Crippen LogP contribution in [0.5, 0.6) is 0 Å². The second-order valence-electron chi connectivity index (χ2n) is 5.51. The lowest BCUT2D eigenvalue weighted by atomic mass is 9.83. The normalized spacial score (nSPS) is 14.8. The van der Waals surface area contributed by atoms with Gasteiger partial charge in [-0.3, -0.25) is 4.79 Å². The average Bonchev–Trinajstić information content (AvgIpc) is 2.32. The lowest BCUT2D eigenvalue weighted by Gasteiger charge is -2.25. The van der Waals surface area contributed by atoms with Crippen LogP contribution in [0.25, 0.3) is 0 Å². The second-order valence-corrected chi connectivity index (χ2v) is 5.51. The summed E-state index contributed by atoms with van der Waals surface area (Å²) in [5.74, 6) is 0.871. The summed E-state index contributed by atoms with van der Waals surface area (Å²) < 4.78 is 0. The largest absolute Gasteiger partial charge is 0.397 e. The van der Waals surface area contributed by atoms with Crippen LogP contribution < -0.4 is 11.1 Å². The quantitative estimate of drug-likeness (QED) is 0.801. The molecule has 0 bridgehead atoms. The van der Waals surface area contributed by atoms with E-state index in [4.69, 9.17) is 5.73 Å². The highest BCUT2D eigenvalue weighted by Gasteiger charge is 2.16. The smallest absolute Gasteiger partial charge is 0.253 e. The molecule has 3 N–H and O–H groups in total. The van der Waals surface area contributed by atoms with Crippen molar-refractivity contribution in [1.29, 1.82) is 0 Å². The zero-order valence-corrected chi connectivity index (χ0v) is 11.8. The molecule has 1 aliphatic carbocycles. The summed E-state index contributed by atoms with van der Waals surface area (Å²) in [5, 5.41) is 3.36. The van der Waals surface area contributed by atoms with Gasteiger partial charge in [0.05, 0.1) is 11.4 Å². The van der Waals surface area contributed by atoms with Crippen molar-refractivity contribution in [2.45, 2.75) is 25.7 Å². The number of nitrogen functional groups attached to an aromatic ring is 1. The molecule has 104 valence electrons. The van der Waals surface area contributed by atoms with Gasteiger partial charge in [-0.05, 0) is 30.5 Å². The first-order valence-electron chi connectivity index (χ1n) is 6.93. The third kappa shape index (κ3) is 3.40. The van der Waals surface area contributed by atoms with Crippen molar-refractivity contribution in [3.8, 4) is 0 Å².